The number of carboxylic acid groups (broad SMARTS) is 1. The fraction of sp³-hybridized carbons (Fsp3) is 0.227. The molecule has 1 N–H and O–H groups in total. The number of amides is 1. The summed E-state index contributed by atoms with van der Waals surface area (Å²) in [6, 6.07) is 14.3. The maximum Gasteiger partial charge on any atom is 0.341 e. The van der Waals surface area contributed by atoms with Gasteiger partial charge in [-0.05, 0) is 73.6 Å². The number of rotatable bonds is 8. The molecule has 1 heterocycles. The van der Waals surface area contributed by atoms with Crippen LogP contribution in [0.5, 0.6) is 11.5 Å². The first-order valence-electron chi connectivity index (χ1n) is 9.47. The molecule has 0 bridgehead atoms. The van der Waals surface area contributed by atoms with Gasteiger partial charge in [0.15, 0.2) is 11.8 Å². The summed E-state index contributed by atoms with van der Waals surface area (Å²) in [5.41, 5.74) is 1.56. The maximum atomic E-state index is 12.8. The number of hydrogen-bond donors (Lipinski definition) is 1. The SMILES string of the molecule is CCOc1ccc(N=C2SC(=Cc3ccc(OCC(=O)O)cc3)C(=O)N2CC)cc1. The maximum absolute atomic E-state index is 12.8. The van der Waals surface area contributed by atoms with Crippen LogP contribution in [0.3, 0.4) is 0 Å². The lowest BCUT2D eigenvalue weighted by molar-refractivity contribution is -0.139. The lowest BCUT2D eigenvalue weighted by atomic mass is 10.2. The molecule has 0 spiro atoms. The van der Waals surface area contributed by atoms with E-state index in [2.05, 4.69) is 4.99 Å². The fourth-order valence-electron chi connectivity index (χ4n) is 2.72. The molecule has 8 heteroatoms. The van der Waals surface area contributed by atoms with Gasteiger partial charge >= 0.3 is 5.97 Å². The van der Waals surface area contributed by atoms with Crippen molar-refractivity contribution >= 4 is 40.6 Å². The molecule has 2 aromatic carbocycles. The first-order chi connectivity index (χ1) is 14.5. The summed E-state index contributed by atoms with van der Waals surface area (Å²) >= 11 is 1.32. The Morgan fingerprint density at radius 3 is 2.30 bits per heavy atom. The topological polar surface area (TPSA) is 88.4 Å². The van der Waals surface area contributed by atoms with Crippen LogP contribution in [0.4, 0.5) is 5.69 Å². The van der Waals surface area contributed by atoms with Gasteiger partial charge < -0.3 is 14.6 Å². The predicted molar refractivity (Wildman–Crippen MR) is 117 cm³/mol. The fourth-order valence-corrected chi connectivity index (χ4v) is 3.78. The molecule has 0 radical (unpaired) electrons. The van der Waals surface area contributed by atoms with Gasteiger partial charge in [0, 0.05) is 6.54 Å². The van der Waals surface area contributed by atoms with Crippen LogP contribution in [0.25, 0.3) is 6.08 Å². The van der Waals surface area contributed by atoms with E-state index in [4.69, 9.17) is 14.6 Å². The second-order valence-electron chi connectivity index (χ2n) is 6.23. The van der Waals surface area contributed by atoms with Crippen LogP contribution in [0.2, 0.25) is 0 Å². The van der Waals surface area contributed by atoms with Crippen molar-refractivity contribution < 1.29 is 24.2 Å². The molecular formula is C22H22N2O5S. The van der Waals surface area contributed by atoms with E-state index in [1.807, 2.05) is 38.1 Å². The summed E-state index contributed by atoms with van der Waals surface area (Å²) in [6.45, 7) is 4.55. The predicted octanol–water partition coefficient (Wildman–Crippen LogP) is 4.17. The number of hydrogen-bond acceptors (Lipinski definition) is 6. The Morgan fingerprint density at radius 2 is 1.70 bits per heavy atom. The molecule has 2 aromatic rings. The zero-order chi connectivity index (χ0) is 21.5. The van der Waals surface area contributed by atoms with Gasteiger partial charge in [-0.2, -0.15) is 0 Å². The van der Waals surface area contributed by atoms with Crippen molar-refractivity contribution in [2.24, 2.45) is 4.99 Å². The Kier molecular flexibility index (Phi) is 7.13. The van der Waals surface area contributed by atoms with Gasteiger partial charge in [-0.15, -0.1) is 0 Å². The normalized spacial score (nSPS) is 16.3. The van der Waals surface area contributed by atoms with Crippen LogP contribution in [0.1, 0.15) is 19.4 Å². The molecule has 0 atom stereocenters. The number of benzene rings is 2. The Bertz CT molecular complexity index is 968. The van der Waals surface area contributed by atoms with Crippen LogP contribution in [0.15, 0.2) is 58.4 Å². The number of aliphatic imine (C=N–C) groups is 1. The number of carbonyl (C=O) groups excluding carboxylic acids is 1. The summed E-state index contributed by atoms with van der Waals surface area (Å²) in [5, 5.41) is 9.29. The second kappa shape index (κ2) is 9.98. The molecule has 0 unspecified atom stereocenters. The van der Waals surface area contributed by atoms with Gasteiger partial charge in [0.1, 0.15) is 11.5 Å². The minimum atomic E-state index is -1.03. The molecule has 1 aliphatic rings. The van der Waals surface area contributed by atoms with E-state index in [1.54, 1.807) is 35.2 Å². The van der Waals surface area contributed by atoms with Gasteiger partial charge in [0.05, 0.1) is 17.2 Å². The van der Waals surface area contributed by atoms with Crippen LogP contribution >= 0.6 is 11.8 Å². The monoisotopic (exact) mass is 426 g/mol. The van der Waals surface area contributed by atoms with Crippen LogP contribution in [-0.4, -0.2) is 46.8 Å². The Labute approximate surface area is 179 Å². The van der Waals surface area contributed by atoms with Crippen molar-refractivity contribution in [3.63, 3.8) is 0 Å². The van der Waals surface area contributed by atoms with E-state index in [0.717, 1.165) is 17.0 Å². The van der Waals surface area contributed by atoms with E-state index in [9.17, 15) is 9.59 Å². The van der Waals surface area contributed by atoms with Gasteiger partial charge in [-0.3, -0.25) is 9.69 Å². The highest BCUT2D eigenvalue weighted by Gasteiger charge is 2.32. The average molecular weight is 426 g/mol. The minimum absolute atomic E-state index is 0.0987. The van der Waals surface area contributed by atoms with Crippen molar-refractivity contribution in [2.75, 3.05) is 19.8 Å². The zero-order valence-corrected chi connectivity index (χ0v) is 17.5. The summed E-state index contributed by atoms with van der Waals surface area (Å²) in [7, 11) is 0. The highest BCUT2D eigenvalue weighted by molar-refractivity contribution is 8.18. The molecule has 7 nitrogen and oxygen atoms in total. The summed E-state index contributed by atoms with van der Waals surface area (Å²) in [4.78, 5) is 30.2. The number of ether oxygens (including phenoxy) is 2. The number of thioether (sulfide) groups is 1. The largest absolute Gasteiger partial charge is 0.494 e. The minimum Gasteiger partial charge on any atom is -0.494 e. The van der Waals surface area contributed by atoms with Gasteiger partial charge in [0.2, 0.25) is 0 Å². The second-order valence-corrected chi connectivity index (χ2v) is 7.24. The molecule has 1 amide bonds. The molecule has 0 aromatic heterocycles. The molecule has 1 aliphatic heterocycles. The quantitative estimate of drug-likeness (QED) is 0.638. The van der Waals surface area contributed by atoms with Crippen LogP contribution in [0, 0.1) is 0 Å². The lowest BCUT2D eigenvalue weighted by Gasteiger charge is -2.12. The number of amidine groups is 1. The molecular weight excluding hydrogens is 404 g/mol. The van der Waals surface area contributed by atoms with E-state index >= 15 is 0 Å². The number of carboxylic acids is 1. The molecule has 1 saturated heterocycles. The summed E-state index contributed by atoms with van der Waals surface area (Å²) < 4.78 is 10.6. The Balaban J connectivity index is 1.77. The number of nitrogens with zero attached hydrogens (tertiary/aromatic N) is 2. The summed E-state index contributed by atoms with van der Waals surface area (Å²) in [5.74, 6) is 0.102. The standard InChI is InChI=1S/C22H22N2O5S/c1-3-24-21(27)19(13-15-5-9-18(10-6-15)29-14-20(25)26)30-22(24)23-16-7-11-17(12-8-16)28-4-2/h5-13H,3-4,14H2,1-2H3,(H,25,26). The molecule has 30 heavy (non-hydrogen) atoms. The number of likely N-dealkylation sites (N-methyl/N-ethyl adjacent to an activating group) is 1. The number of carbonyl (C=O) groups is 2. The van der Waals surface area contributed by atoms with Crippen molar-refractivity contribution in [2.45, 2.75) is 13.8 Å². The lowest BCUT2D eigenvalue weighted by Crippen LogP contribution is -2.28. The molecule has 0 saturated carbocycles. The molecule has 1 fully saturated rings. The third kappa shape index (κ3) is 5.42. The summed E-state index contributed by atoms with van der Waals surface area (Å²) in [6.07, 6.45) is 1.79. The van der Waals surface area contributed by atoms with E-state index in [0.29, 0.717) is 29.0 Å². The first kappa shape index (κ1) is 21.4. The average Bonchev–Trinajstić information content (AvgIpc) is 3.03. The Hall–Kier alpha value is -3.26. The third-order valence-electron chi connectivity index (χ3n) is 4.12. The van der Waals surface area contributed by atoms with Crippen molar-refractivity contribution in [1.29, 1.82) is 0 Å². The van der Waals surface area contributed by atoms with Crippen LogP contribution in [-0.2, 0) is 9.59 Å². The smallest absolute Gasteiger partial charge is 0.341 e. The van der Waals surface area contributed by atoms with E-state index < -0.39 is 12.6 Å². The van der Waals surface area contributed by atoms with Gasteiger partial charge in [0.25, 0.3) is 5.91 Å². The van der Waals surface area contributed by atoms with Gasteiger partial charge in [-0.1, -0.05) is 12.1 Å². The van der Waals surface area contributed by atoms with E-state index in [-0.39, 0.29) is 5.91 Å². The highest BCUT2D eigenvalue weighted by Crippen LogP contribution is 2.34. The first-order valence-corrected chi connectivity index (χ1v) is 10.3. The van der Waals surface area contributed by atoms with Crippen molar-refractivity contribution in [3.05, 3.63) is 59.0 Å². The van der Waals surface area contributed by atoms with Crippen molar-refractivity contribution in [1.82, 2.24) is 4.90 Å². The molecule has 3 rings (SSSR count). The van der Waals surface area contributed by atoms with E-state index in [1.165, 1.54) is 11.8 Å². The highest BCUT2D eigenvalue weighted by atomic mass is 32.2. The Morgan fingerprint density at radius 1 is 1.07 bits per heavy atom. The molecule has 0 aliphatic carbocycles. The molecule has 156 valence electrons. The number of aliphatic carboxylic acids is 1. The zero-order valence-electron chi connectivity index (χ0n) is 16.7. The van der Waals surface area contributed by atoms with Crippen LogP contribution < -0.4 is 9.47 Å². The van der Waals surface area contributed by atoms with Gasteiger partial charge in [-0.25, -0.2) is 9.79 Å². The van der Waals surface area contributed by atoms with Crippen molar-refractivity contribution in [3.8, 4) is 11.5 Å². The third-order valence-corrected chi connectivity index (χ3v) is 5.12.